The molecule has 2 aliphatic rings. The molecule has 5 rings (SSSR count). The number of piperidine rings is 1. The second kappa shape index (κ2) is 8.45. The Hall–Kier alpha value is -3.68. The van der Waals surface area contributed by atoms with Gasteiger partial charge in [0.2, 0.25) is 11.9 Å². The lowest BCUT2D eigenvalue weighted by atomic mass is 9.96. The Morgan fingerprint density at radius 1 is 1.12 bits per heavy atom. The molecular weight excluding hydrogens is 406 g/mol. The van der Waals surface area contributed by atoms with E-state index in [1.54, 1.807) is 24.0 Å². The molecule has 1 unspecified atom stereocenters. The SMILES string of the molecule is Cn1c(N2CCCC(C(=O)N3CCOc4ccccc43)C2)nc(-c2ccncc2)cc1=O. The summed E-state index contributed by atoms with van der Waals surface area (Å²) in [6.45, 7) is 2.31. The van der Waals surface area contributed by atoms with Gasteiger partial charge in [0.1, 0.15) is 12.4 Å². The number of pyridine rings is 1. The van der Waals surface area contributed by atoms with Gasteiger partial charge >= 0.3 is 0 Å². The van der Waals surface area contributed by atoms with E-state index in [1.807, 2.05) is 41.3 Å². The minimum atomic E-state index is -0.170. The summed E-state index contributed by atoms with van der Waals surface area (Å²) in [5.41, 5.74) is 2.15. The molecule has 4 heterocycles. The summed E-state index contributed by atoms with van der Waals surface area (Å²) in [7, 11) is 1.73. The third kappa shape index (κ3) is 3.72. The Bertz CT molecular complexity index is 1190. The highest BCUT2D eigenvalue weighted by atomic mass is 16.5. The molecular formula is C24H25N5O3. The number of aromatic nitrogens is 3. The maximum absolute atomic E-state index is 13.5. The zero-order valence-corrected chi connectivity index (χ0v) is 18.0. The molecule has 1 amide bonds. The highest BCUT2D eigenvalue weighted by molar-refractivity contribution is 5.97. The predicted molar refractivity (Wildman–Crippen MR) is 122 cm³/mol. The maximum atomic E-state index is 13.5. The Labute approximate surface area is 186 Å². The van der Waals surface area contributed by atoms with E-state index in [4.69, 9.17) is 9.72 Å². The lowest BCUT2D eigenvalue weighted by Gasteiger charge is -2.37. The van der Waals surface area contributed by atoms with Gasteiger partial charge in [0, 0.05) is 44.2 Å². The average Bonchev–Trinajstić information content (AvgIpc) is 2.85. The largest absolute Gasteiger partial charge is 0.490 e. The van der Waals surface area contributed by atoms with E-state index in [2.05, 4.69) is 9.88 Å². The Morgan fingerprint density at radius 2 is 1.94 bits per heavy atom. The van der Waals surface area contributed by atoms with E-state index < -0.39 is 0 Å². The molecule has 0 spiro atoms. The van der Waals surface area contributed by atoms with Crippen LogP contribution in [-0.4, -0.2) is 46.7 Å². The summed E-state index contributed by atoms with van der Waals surface area (Å²) in [6, 6.07) is 12.9. The second-order valence-electron chi connectivity index (χ2n) is 8.17. The first-order chi connectivity index (χ1) is 15.6. The van der Waals surface area contributed by atoms with E-state index >= 15 is 0 Å². The number of fused-ring (bicyclic) bond motifs is 1. The van der Waals surface area contributed by atoms with Crippen LogP contribution in [0.4, 0.5) is 11.6 Å². The van der Waals surface area contributed by atoms with Crippen molar-refractivity contribution in [3.05, 3.63) is 65.2 Å². The summed E-state index contributed by atoms with van der Waals surface area (Å²) in [4.78, 5) is 38.9. The van der Waals surface area contributed by atoms with E-state index in [0.717, 1.165) is 36.4 Å². The number of benzene rings is 1. The number of nitrogens with zero attached hydrogens (tertiary/aromatic N) is 5. The molecule has 0 saturated carbocycles. The van der Waals surface area contributed by atoms with Crippen molar-refractivity contribution in [2.75, 3.05) is 36.0 Å². The lowest BCUT2D eigenvalue weighted by molar-refractivity contribution is -0.122. The zero-order valence-electron chi connectivity index (χ0n) is 18.0. The third-order valence-corrected chi connectivity index (χ3v) is 6.14. The molecule has 164 valence electrons. The average molecular weight is 431 g/mol. The van der Waals surface area contributed by atoms with Gasteiger partial charge in [0.15, 0.2) is 0 Å². The summed E-state index contributed by atoms with van der Waals surface area (Å²) < 4.78 is 7.27. The number of carbonyl (C=O) groups is 1. The van der Waals surface area contributed by atoms with Gasteiger partial charge in [0.05, 0.1) is 23.8 Å². The molecule has 1 atom stereocenters. The summed E-state index contributed by atoms with van der Waals surface area (Å²) in [5, 5.41) is 0. The molecule has 2 aromatic heterocycles. The molecule has 8 nitrogen and oxygen atoms in total. The van der Waals surface area contributed by atoms with Crippen LogP contribution >= 0.6 is 0 Å². The Kier molecular flexibility index (Phi) is 5.34. The summed E-state index contributed by atoms with van der Waals surface area (Å²) >= 11 is 0. The predicted octanol–water partition coefficient (Wildman–Crippen LogP) is 2.48. The molecule has 0 N–H and O–H groups in total. The van der Waals surface area contributed by atoms with Crippen LogP contribution in [0.3, 0.4) is 0 Å². The molecule has 1 fully saturated rings. The fourth-order valence-corrected chi connectivity index (χ4v) is 4.46. The molecule has 1 saturated heterocycles. The van der Waals surface area contributed by atoms with Crippen LogP contribution in [-0.2, 0) is 11.8 Å². The highest BCUT2D eigenvalue weighted by Gasteiger charge is 2.33. The van der Waals surface area contributed by atoms with Crippen molar-refractivity contribution in [3.63, 3.8) is 0 Å². The number of hydrogen-bond donors (Lipinski definition) is 0. The van der Waals surface area contributed by atoms with Crippen LogP contribution in [0.5, 0.6) is 5.75 Å². The molecule has 8 heteroatoms. The summed E-state index contributed by atoms with van der Waals surface area (Å²) in [6.07, 6.45) is 5.04. The maximum Gasteiger partial charge on any atom is 0.255 e. The van der Waals surface area contributed by atoms with Crippen LogP contribution in [0, 0.1) is 5.92 Å². The van der Waals surface area contributed by atoms with Crippen molar-refractivity contribution in [1.82, 2.24) is 14.5 Å². The molecule has 0 aliphatic carbocycles. The molecule has 0 bridgehead atoms. The van der Waals surface area contributed by atoms with Gasteiger partial charge in [-0.1, -0.05) is 12.1 Å². The number of para-hydroxylation sites is 2. The van der Waals surface area contributed by atoms with Crippen molar-refractivity contribution in [2.45, 2.75) is 12.8 Å². The minimum absolute atomic E-state index is 0.0979. The number of ether oxygens (including phenoxy) is 1. The topological polar surface area (TPSA) is 80.6 Å². The Morgan fingerprint density at radius 3 is 2.78 bits per heavy atom. The van der Waals surface area contributed by atoms with Crippen LogP contribution < -0.4 is 20.1 Å². The Balaban J connectivity index is 1.42. The van der Waals surface area contributed by atoms with E-state index in [1.165, 1.54) is 6.07 Å². The van der Waals surface area contributed by atoms with Crippen LogP contribution in [0.25, 0.3) is 11.3 Å². The molecule has 3 aromatic rings. The first-order valence-corrected chi connectivity index (χ1v) is 10.9. The van der Waals surface area contributed by atoms with Crippen molar-refractivity contribution in [3.8, 4) is 17.0 Å². The van der Waals surface area contributed by atoms with Crippen LogP contribution in [0.2, 0.25) is 0 Å². The standard InChI is InChI=1S/C24H25N5O3/c1-27-22(30)15-19(17-8-10-25-11-9-17)26-24(27)28-12-4-5-18(16-28)23(31)29-13-14-32-21-7-3-2-6-20(21)29/h2-3,6-11,15,18H,4-5,12-14,16H2,1H3. The van der Waals surface area contributed by atoms with Crippen molar-refractivity contribution < 1.29 is 9.53 Å². The van der Waals surface area contributed by atoms with Gasteiger partial charge in [-0.05, 0) is 37.1 Å². The molecule has 2 aliphatic heterocycles. The monoisotopic (exact) mass is 431 g/mol. The first-order valence-electron chi connectivity index (χ1n) is 10.9. The van der Waals surface area contributed by atoms with E-state index in [9.17, 15) is 9.59 Å². The fraction of sp³-hybridized carbons (Fsp3) is 0.333. The number of anilines is 2. The number of amides is 1. The molecule has 0 radical (unpaired) electrons. The minimum Gasteiger partial charge on any atom is -0.490 e. The van der Waals surface area contributed by atoms with E-state index in [-0.39, 0.29) is 17.4 Å². The number of rotatable bonds is 3. The van der Waals surface area contributed by atoms with Gasteiger partial charge in [0.25, 0.3) is 5.56 Å². The highest BCUT2D eigenvalue weighted by Crippen LogP contribution is 2.33. The van der Waals surface area contributed by atoms with Gasteiger partial charge in [-0.25, -0.2) is 4.98 Å². The van der Waals surface area contributed by atoms with Crippen molar-refractivity contribution in [2.24, 2.45) is 13.0 Å². The number of hydrogen-bond acceptors (Lipinski definition) is 6. The number of carbonyl (C=O) groups excluding carboxylic acids is 1. The molecule has 1 aromatic carbocycles. The normalized spacial score (nSPS) is 18.1. The molecule has 32 heavy (non-hydrogen) atoms. The van der Waals surface area contributed by atoms with Gasteiger partial charge in [-0.2, -0.15) is 0 Å². The quantitative estimate of drug-likeness (QED) is 0.634. The van der Waals surface area contributed by atoms with Crippen LogP contribution in [0.1, 0.15) is 12.8 Å². The smallest absolute Gasteiger partial charge is 0.255 e. The van der Waals surface area contributed by atoms with Crippen LogP contribution in [0.15, 0.2) is 59.7 Å². The first kappa shape index (κ1) is 20.2. The van der Waals surface area contributed by atoms with Crippen molar-refractivity contribution >= 4 is 17.5 Å². The van der Waals surface area contributed by atoms with E-state index in [0.29, 0.717) is 31.3 Å². The zero-order chi connectivity index (χ0) is 22.1. The third-order valence-electron chi connectivity index (χ3n) is 6.14. The lowest BCUT2D eigenvalue weighted by Crippen LogP contribution is -2.48. The van der Waals surface area contributed by atoms with Gasteiger partial charge in [-0.15, -0.1) is 0 Å². The second-order valence-corrected chi connectivity index (χ2v) is 8.17. The fourth-order valence-electron chi connectivity index (χ4n) is 4.46. The summed E-state index contributed by atoms with van der Waals surface area (Å²) in [5.74, 6) is 1.26. The van der Waals surface area contributed by atoms with Gasteiger partial charge in [-0.3, -0.25) is 19.1 Å². The van der Waals surface area contributed by atoms with Gasteiger partial charge < -0.3 is 14.5 Å². The van der Waals surface area contributed by atoms with Crippen molar-refractivity contribution in [1.29, 1.82) is 0 Å².